The highest BCUT2D eigenvalue weighted by molar-refractivity contribution is 5.90. The number of ether oxygens (including phenoxy) is 1. The average molecular weight is 282 g/mol. The molecular formula is C15H26N2O3. The number of hydrogen-bond donors (Lipinski definition) is 1. The average Bonchev–Trinajstić information content (AvgIpc) is 2.82. The van der Waals surface area contributed by atoms with Crippen molar-refractivity contribution in [1.29, 1.82) is 0 Å². The van der Waals surface area contributed by atoms with Crippen molar-refractivity contribution in [3.8, 4) is 0 Å². The largest absolute Gasteiger partial charge is 0.381 e. The van der Waals surface area contributed by atoms with E-state index in [1.54, 1.807) is 0 Å². The Labute approximate surface area is 121 Å². The highest BCUT2D eigenvalue weighted by Gasteiger charge is 2.37. The van der Waals surface area contributed by atoms with Gasteiger partial charge in [-0.3, -0.25) is 9.59 Å². The van der Waals surface area contributed by atoms with Gasteiger partial charge in [-0.15, -0.1) is 0 Å². The third kappa shape index (κ3) is 3.72. The number of nitrogens with one attached hydrogen (secondary N) is 1. The van der Waals surface area contributed by atoms with E-state index in [-0.39, 0.29) is 17.2 Å². The minimum absolute atomic E-state index is 0.0232. The molecular weight excluding hydrogens is 256 g/mol. The Balaban J connectivity index is 1.99. The summed E-state index contributed by atoms with van der Waals surface area (Å²) in [4.78, 5) is 26.3. The summed E-state index contributed by atoms with van der Waals surface area (Å²) < 4.78 is 5.37. The van der Waals surface area contributed by atoms with Gasteiger partial charge in [-0.2, -0.15) is 0 Å². The number of rotatable bonds is 3. The number of carbonyl (C=O) groups is 2. The lowest BCUT2D eigenvalue weighted by Crippen LogP contribution is -2.52. The van der Waals surface area contributed by atoms with Crippen molar-refractivity contribution in [2.75, 3.05) is 26.3 Å². The fourth-order valence-electron chi connectivity index (χ4n) is 2.78. The molecule has 0 bridgehead atoms. The number of amides is 2. The molecule has 1 N–H and O–H groups in total. The van der Waals surface area contributed by atoms with E-state index in [1.807, 2.05) is 25.7 Å². The van der Waals surface area contributed by atoms with E-state index in [4.69, 9.17) is 4.74 Å². The minimum Gasteiger partial charge on any atom is -0.381 e. The third-order valence-corrected chi connectivity index (χ3v) is 4.17. The fourth-order valence-corrected chi connectivity index (χ4v) is 2.78. The van der Waals surface area contributed by atoms with Gasteiger partial charge < -0.3 is 15.0 Å². The van der Waals surface area contributed by atoms with Gasteiger partial charge in [-0.1, -0.05) is 20.8 Å². The van der Waals surface area contributed by atoms with Gasteiger partial charge in [-0.25, -0.2) is 0 Å². The molecule has 2 heterocycles. The van der Waals surface area contributed by atoms with E-state index in [1.165, 1.54) is 0 Å². The molecule has 2 atom stereocenters. The Morgan fingerprint density at radius 2 is 2.10 bits per heavy atom. The van der Waals surface area contributed by atoms with Gasteiger partial charge in [0.05, 0.1) is 0 Å². The molecule has 0 spiro atoms. The standard InChI is InChI=1S/C15H26N2O3/c1-15(2,3)13-14(19)17(8-5-12(18)16-13)7-4-11-6-9-20-10-11/h11,13H,4-10H2,1-3H3,(H,16,18). The van der Waals surface area contributed by atoms with E-state index in [9.17, 15) is 9.59 Å². The molecule has 2 unspecified atom stereocenters. The Morgan fingerprint density at radius 3 is 2.70 bits per heavy atom. The topological polar surface area (TPSA) is 58.6 Å². The predicted molar refractivity (Wildman–Crippen MR) is 76.1 cm³/mol. The van der Waals surface area contributed by atoms with Crippen molar-refractivity contribution in [3.63, 3.8) is 0 Å². The first-order valence-electron chi connectivity index (χ1n) is 7.54. The molecule has 0 aliphatic carbocycles. The molecule has 0 aromatic carbocycles. The lowest BCUT2D eigenvalue weighted by Gasteiger charge is -2.32. The summed E-state index contributed by atoms with van der Waals surface area (Å²) in [5, 5.41) is 2.87. The lowest BCUT2D eigenvalue weighted by molar-refractivity contribution is -0.136. The van der Waals surface area contributed by atoms with Crippen LogP contribution in [0.4, 0.5) is 0 Å². The van der Waals surface area contributed by atoms with Crippen molar-refractivity contribution in [3.05, 3.63) is 0 Å². The minimum atomic E-state index is -0.419. The number of hydrogen-bond acceptors (Lipinski definition) is 3. The van der Waals surface area contributed by atoms with Crippen LogP contribution in [0, 0.1) is 11.3 Å². The second-order valence-corrected chi connectivity index (χ2v) is 6.96. The summed E-state index contributed by atoms with van der Waals surface area (Å²) in [7, 11) is 0. The third-order valence-electron chi connectivity index (χ3n) is 4.17. The normalized spacial score (nSPS) is 28.4. The Hall–Kier alpha value is -1.10. The summed E-state index contributed by atoms with van der Waals surface area (Å²) in [6.45, 7) is 8.88. The maximum absolute atomic E-state index is 12.6. The van der Waals surface area contributed by atoms with Gasteiger partial charge in [-0.05, 0) is 24.2 Å². The Bertz CT molecular complexity index is 370. The lowest BCUT2D eigenvalue weighted by atomic mass is 9.86. The summed E-state index contributed by atoms with van der Waals surface area (Å²) >= 11 is 0. The molecule has 2 amide bonds. The van der Waals surface area contributed by atoms with E-state index in [0.29, 0.717) is 18.9 Å². The highest BCUT2D eigenvalue weighted by atomic mass is 16.5. The van der Waals surface area contributed by atoms with Crippen LogP contribution >= 0.6 is 0 Å². The smallest absolute Gasteiger partial charge is 0.245 e. The van der Waals surface area contributed by atoms with Crippen LogP contribution < -0.4 is 5.32 Å². The molecule has 5 nitrogen and oxygen atoms in total. The van der Waals surface area contributed by atoms with Gasteiger partial charge in [0.1, 0.15) is 6.04 Å². The first-order chi connectivity index (χ1) is 9.38. The van der Waals surface area contributed by atoms with E-state index in [2.05, 4.69) is 5.32 Å². The van der Waals surface area contributed by atoms with Gasteiger partial charge in [0.2, 0.25) is 11.8 Å². The van der Waals surface area contributed by atoms with Gasteiger partial charge >= 0.3 is 0 Å². The van der Waals surface area contributed by atoms with Gasteiger partial charge in [0, 0.05) is 32.7 Å². The van der Waals surface area contributed by atoms with Crippen molar-refractivity contribution >= 4 is 11.8 Å². The van der Waals surface area contributed by atoms with Crippen molar-refractivity contribution < 1.29 is 14.3 Å². The molecule has 0 radical (unpaired) electrons. The highest BCUT2D eigenvalue weighted by Crippen LogP contribution is 2.24. The predicted octanol–water partition coefficient (Wildman–Crippen LogP) is 1.18. The Morgan fingerprint density at radius 1 is 1.35 bits per heavy atom. The molecule has 20 heavy (non-hydrogen) atoms. The van der Waals surface area contributed by atoms with Crippen LogP contribution in [0.1, 0.15) is 40.0 Å². The maximum atomic E-state index is 12.6. The van der Waals surface area contributed by atoms with Crippen LogP contribution in [-0.4, -0.2) is 49.1 Å². The van der Waals surface area contributed by atoms with E-state index < -0.39 is 6.04 Å². The maximum Gasteiger partial charge on any atom is 0.245 e. The van der Waals surface area contributed by atoms with Crippen molar-refractivity contribution in [2.24, 2.45) is 11.3 Å². The molecule has 0 saturated carbocycles. The first kappa shape index (κ1) is 15.3. The molecule has 0 aromatic rings. The van der Waals surface area contributed by atoms with E-state index >= 15 is 0 Å². The second kappa shape index (κ2) is 6.12. The zero-order valence-corrected chi connectivity index (χ0v) is 12.8. The first-order valence-corrected chi connectivity index (χ1v) is 7.54. The number of nitrogens with zero attached hydrogens (tertiary/aromatic N) is 1. The quantitative estimate of drug-likeness (QED) is 0.845. The van der Waals surface area contributed by atoms with Crippen molar-refractivity contribution in [2.45, 2.75) is 46.1 Å². The summed E-state index contributed by atoms with van der Waals surface area (Å²) in [6.07, 6.45) is 2.46. The molecule has 0 aromatic heterocycles. The SMILES string of the molecule is CC(C)(C)C1NC(=O)CCN(CCC2CCOC2)C1=O. The van der Waals surface area contributed by atoms with Crippen LogP contribution in [0.3, 0.4) is 0 Å². The summed E-state index contributed by atoms with van der Waals surface area (Å²) in [6, 6.07) is -0.419. The second-order valence-electron chi connectivity index (χ2n) is 6.96. The molecule has 114 valence electrons. The zero-order valence-electron chi connectivity index (χ0n) is 12.8. The molecule has 2 fully saturated rings. The molecule has 5 heteroatoms. The monoisotopic (exact) mass is 282 g/mol. The molecule has 2 rings (SSSR count). The molecule has 2 aliphatic rings. The van der Waals surface area contributed by atoms with Gasteiger partial charge in [0.25, 0.3) is 0 Å². The van der Waals surface area contributed by atoms with Crippen LogP contribution in [0.25, 0.3) is 0 Å². The van der Waals surface area contributed by atoms with E-state index in [0.717, 1.165) is 32.6 Å². The summed E-state index contributed by atoms with van der Waals surface area (Å²) in [5.74, 6) is 0.593. The molecule has 2 aliphatic heterocycles. The van der Waals surface area contributed by atoms with Crippen LogP contribution in [0.15, 0.2) is 0 Å². The zero-order chi connectivity index (χ0) is 14.8. The van der Waals surface area contributed by atoms with Crippen molar-refractivity contribution in [1.82, 2.24) is 10.2 Å². The van der Waals surface area contributed by atoms with Crippen LogP contribution in [0.2, 0.25) is 0 Å². The van der Waals surface area contributed by atoms with Crippen LogP contribution in [-0.2, 0) is 14.3 Å². The van der Waals surface area contributed by atoms with Crippen LogP contribution in [0.5, 0.6) is 0 Å². The number of carbonyl (C=O) groups excluding carboxylic acids is 2. The molecule has 2 saturated heterocycles. The van der Waals surface area contributed by atoms with Gasteiger partial charge in [0.15, 0.2) is 0 Å². The summed E-state index contributed by atoms with van der Waals surface area (Å²) in [5.41, 5.74) is -0.258. The Kier molecular flexibility index (Phi) is 4.68. The fraction of sp³-hybridized carbons (Fsp3) is 0.867.